The number of carbonyl (C=O) groups is 1. The summed E-state index contributed by atoms with van der Waals surface area (Å²) in [7, 11) is 0. The van der Waals surface area contributed by atoms with Crippen LogP contribution in [0.1, 0.15) is 21.6 Å². The molecule has 0 saturated heterocycles. The van der Waals surface area contributed by atoms with Crippen LogP contribution < -0.4 is 5.32 Å². The van der Waals surface area contributed by atoms with Crippen molar-refractivity contribution in [3.8, 4) is 0 Å². The van der Waals surface area contributed by atoms with Gasteiger partial charge in [-0.2, -0.15) is 0 Å². The highest BCUT2D eigenvalue weighted by Gasteiger charge is 2.06. The topological polar surface area (TPSA) is 42.0 Å². The quantitative estimate of drug-likeness (QED) is 0.796. The maximum absolute atomic E-state index is 12.2. The van der Waals surface area contributed by atoms with E-state index in [1.165, 1.54) is 0 Å². The van der Waals surface area contributed by atoms with E-state index >= 15 is 0 Å². The number of benzene rings is 2. The van der Waals surface area contributed by atoms with Gasteiger partial charge in [0, 0.05) is 23.2 Å². The second-order valence-electron chi connectivity index (χ2n) is 5.03. The van der Waals surface area contributed by atoms with Gasteiger partial charge in [-0.3, -0.25) is 9.78 Å². The van der Waals surface area contributed by atoms with Gasteiger partial charge in [0.2, 0.25) is 0 Å². The van der Waals surface area contributed by atoms with Crippen molar-refractivity contribution in [3.05, 3.63) is 77.5 Å². The van der Waals surface area contributed by atoms with Gasteiger partial charge in [-0.15, -0.1) is 0 Å². The van der Waals surface area contributed by atoms with Gasteiger partial charge in [0.05, 0.1) is 5.52 Å². The fraction of sp³-hybridized carbons (Fsp3) is 0.111. The molecule has 3 nitrogen and oxygen atoms in total. The molecular weight excluding hydrogens is 260 g/mol. The summed E-state index contributed by atoms with van der Waals surface area (Å²) >= 11 is 0. The molecule has 0 atom stereocenters. The molecule has 3 heteroatoms. The van der Waals surface area contributed by atoms with Gasteiger partial charge >= 0.3 is 0 Å². The molecule has 0 saturated carbocycles. The Balaban J connectivity index is 1.77. The van der Waals surface area contributed by atoms with Crippen molar-refractivity contribution in [2.45, 2.75) is 13.5 Å². The highest BCUT2D eigenvalue weighted by Crippen LogP contribution is 2.15. The summed E-state index contributed by atoms with van der Waals surface area (Å²) < 4.78 is 0. The lowest BCUT2D eigenvalue weighted by molar-refractivity contribution is 0.0951. The number of hydrogen-bond acceptors (Lipinski definition) is 2. The van der Waals surface area contributed by atoms with Crippen molar-refractivity contribution in [2.75, 3.05) is 0 Å². The third kappa shape index (κ3) is 3.08. The average Bonchev–Trinajstić information content (AvgIpc) is 2.53. The van der Waals surface area contributed by atoms with Gasteiger partial charge in [-0.1, -0.05) is 36.4 Å². The molecule has 3 rings (SSSR count). The van der Waals surface area contributed by atoms with Crippen molar-refractivity contribution >= 4 is 16.8 Å². The zero-order valence-electron chi connectivity index (χ0n) is 11.8. The molecule has 1 N–H and O–H groups in total. The predicted octanol–water partition coefficient (Wildman–Crippen LogP) is 3.47. The summed E-state index contributed by atoms with van der Waals surface area (Å²) in [6.07, 6.45) is 0. The van der Waals surface area contributed by atoms with E-state index in [1.54, 1.807) is 0 Å². The van der Waals surface area contributed by atoms with Crippen LogP contribution in [0.5, 0.6) is 0 Å². The largest absolute Gasteiger partial charge is 0.348 e. The molecule has 21 heavy (non-hydrogen) atoms. The molecular formula is C18H16N2O. The number of pyridine rings is 1. The van der Waals surface area contributed by atoms with E-state index in [0.29, 0.717) is 12.1 Å². The monoisotopic (exact) mass is 276 g/mol. The van der Waals surface area contributed by atoms with Crippen LogP contribution in [-0.2, 0) is 6.54 Å². The standard InChI is InChI=1S/C18H16N2O/c1-13-7-8-15-11-16(9-10-17(15)20-13)18(21)19-12-14-5-3-2-4-6-14/h2-11H,12H2,1H3,(H,19,21). The Bertz CT molecular complexity index is 782. The first-order chi connectivity index (χ1) is 10.2. The van der Waals surface area contributed by atoms with Crippen molar-refractivity contribution in [1.29, 1.82) is 0 Å². The zero-order valence-corrected chi connectivity index (χ0v) is 11.8. The normalized spacial score (nSPS) is 10.5. The van der Waals surface area contributed by atoms with E-state index in [0.717, 1.165) is 22.2 Å². The fourth-order valence-corrected chi connectivity index (χ4v) is 2.25. The molecule has 0 aliphatic heterocycles. The molecule has 0 unspecified atom stereocenters. The molecule has 1 aromatic heterocycles. The van der Waals surface area contributed by atoms with Crippen LogP contribution in [0, 0.1) is 6.92 Å². The summed E-state index contributed by atoms with van der Waals surface area (Å²) in [4.78, 5) is 16.6. The third-order valence-corrected chi connectivity index (χ3v) is 3.39. The van der Waals surface area contributed by atoms with E-state index in [1.807, 2.05) is 67.6 Å². The van der Waals surface area contributed by atoms with Gasteiger partial charge in [-0.05, 0) is 36.8 Å². The maximum Gasteiger partial charge on any atom is 0.251 e. The first kappa shape index (κ1) is 13.3. The predicted molar refractivity (Wildman–Crippen MR) is 84.1 cm³/mol. The van der Waals surface area contributed by atoms with Crippen LogP contribution in [0.25, 0.3) is 10.9 Å². The zero-order chi connectivity index (χ0) is 14.7. The van der Waals surface area contributed by atoms with Crippen LogP contribution in [0.4, 0.5) is 0 Å². The average molecular weight is 276 g/mol. The third-order valence-electron chi connectivity index (χ3n) is 3.39. The summed E-state index contributed by atoms with van der Waals surface area (Å²) in [5.41, 5.74) is 3.63. The number of nitrogens with one attached hydrogen (secondary N) is 1. The minimum absolute atomic E-state index is 0.0682. The van der Waals surface area contributed by atoms with Crippen LogP contribution in [0.3, 0.4) is 0 Å². The molecule has 1 heterocycles. The first-order valence-corrected chi connectivity index (χ1v) is 6.92. The van der Waals surface area contributed by atoms with Gasteiger partial charge in [0.15, 0.2) is 0 Å². The summed E-state index contributed by atoms with van der Waals surface area (Å²) in [5.74, 6) is -0.0682. The molecule has 0 aliphatic carbocycles. The van der Waals surface area contributed by atoms with Crippen molar-refractivity contribution in [1.82, 2.24) is 10.3 Å². The number of aryl methyl sites for hydroxylation is 1. The lowest BCUT2D eigenvalue weighted by Crippen LogP contribution is -2.22. The number of hydrogen-bond donors (Lipinski definition) is 1. The molecule has 0 spiro atoms. The Kier molecular flexibility index (Phi) is 3.65. The minimum Gasteiger partial charge on any atom is -0.348 e. The number of nitrogens with zero attached hydrogens (tertiary/aromatic N) is 1. The number of fused-ring (bicyclic) bond motifs is 1. The highest BCUT2D eigenvalue weighted by molar-refractivity contribution is 5.97. The molecule has 0 fully saturated rings. The van der Waals surface area contributed by atoms with E-state index in [4.69, 9.17) is 0 Å². The molecule has 1 amide bonds. The Morgan fingerprint density at radius 2 is 1.86 bits per heavy atom. The van der Waals surface area contributed by atoms with E-state index in [2.05, 4.69) is 10.3 Å². The second-order valence-corrected chi connectivity index (χ2v) is 5.03. The summed E-state index contributed by atoms with van der Waals surface area (Å²) in [5, 5.41) is 3.91. The van der Waals surface area contributed by atoms with Crippen LogP contribution in [0.2, 0.25) is 0 Å². The van der Waals surface area contributed by atoms with E-state index < -0.39 is 0 Å². The molecule has 0 bridgehead atoms. The molecule has 0 aliphatic rings. The summed E-state index contributed by atoms with van der Waals surface area (Å²) in [6, 6.07) is 19.4. The number of rotatable bonds is 3. The van der Waals surface area contributed by atoms with Crippen LogP contribution >= 0.6 is 0 Å². The number of amides is 1. The molecule has 3 aromatic rings. The lowest BCUT2D eigenvalue weighted by Gasteiger charge is -2.06. The van der Waals surface area contributed by atoms with Gasteiger partial charge < -0.3 is 5.32 Å². The Hall–Kier alpha value is -2.68. The molecule has 104 valence electrons. The van der Waals surface area contributed by atoms with Crippen molar-refractivity contribution in [2.24, 2.45) is 0 Å². The lowest BCUT2D eigenvalue weighted by atomic mass is 10.1. The fourth-order valence-electron chi connectivity index (χ4n) is 2.25. The van der Waals surface area contributed by atoms with Crippen LogP contribution in [-0.4, -0.2) is 10.9 Å². The Morgan fingerprint density at radius 3 is 2.67 bits per heavy atom. The van der Waals surface area contributed by atoms with Gasteiger partial charge in [0.1, 0.15) is 0 Å². The van der Waals surface area contributed by atoms with Crippen molar-refractivity contribution in [3.63, 3.8) is 0 Å². The summed E-state index contributed by atoms with van der Waals surface area (Å²) in [6.45, 7) is 2.49. The Morgan fingerprint density at radius 1 is 1.05 bits per heavy atom. The maximum atomic E-state index is 12.2. The molecule has 2 aromatic carbocycles. The second kappa shape index (κ2) is 5.75. The van der Waals surface area contributed by atoms with E-state index in [9.17, 15) is 4.79 Å². The van der Waals surface area contributed by atoms with Gasteiger partial charge in [0.25, 0.3) is 5.91 Å². The number of aromatic nitrogens is 1. The van der Waals surface area contributed by atoms with Gasteiger partial charge in [-0.25, -0.2) is 0 Å². The van der Waals surface area contributed by atoms with E-state index in [-0.39, 0.29) is 5.91 Å². The minimum atomic E-state index is -0.0682. The van der Waals surface area contributed by atoms with Crippen LogP contribution in [0.15, 0.2) is 60.7 Å². The first-order valence-electron chi connectivity index (χ1n) is 6.92. The smallest absolute Gasteiger partial charge is 0.251 e. The Labute approximate surface area is 123 Å². The number of carbonyl (C=O) groups excluding carboxylic acids is 1. The highest BCUT2D eigenvalue weighted by atomic mass is 16.1. The van der Waals surface area contributed by atoms with Crippen molar-refractivity contribution < 1.29 is 4.79 Å². The molecule has 0 radical (unpaired) electrons. The SMILES string of the molecule is Cc1ccc2cc(C(=O)NCc3ccccc3)ccc2n1.